The molecule has 0 heterocycles. The van der Waals surface area contributed by atoms with Crippen molar-refractivity contribution in [1.29, 1.82) is 0 Å². The molecule has 0 saturated carbocycles. The second-order valence-corrected chi connectivity index (χ2v) is 9.54. The molecule has 0 saturated heterocycles. The van der Waals surface area contributed by atoms with Crippen molar-refractivity contribution in [1.82, 2.24) is 0 Å². The molecular formula is C23H56. The van der Waals surface area contributed by atoms with Crippen molar-refractivity contribution in [3.8, 4) is 0 Å². The van der Waals surface area contributed by atoms with E-state index < -0.39 is 0 Å². The van der Waals surface area contributed by atoms with Crippen LogP contribution in [0.2, 0.25) is 0 Å². The molecular weight excluding hydrogens is 276 g/mol. The van der Waals surface area contributed by atoms with Gasteiger partial charge in [0.05, 0.1) is 0 Å². The van der Waals surface area contributed by atoms with E-state index in [0.717, 1.165) is 29.6 Å². The van der Waals surface area contributed by atoms with E-state index in [1.165, 1.54) is 6.42 Å². The lowest BCUT2D eigenvalue weighted by atomic mass is 9.84. The Morgan fingerprint density at radius 2 is 0.739 bits per heavy atom. The number of rotatable bonds is 2. The Morgan fingerprint density at radius 3 is 0.739 bits per heavy atom. The zero-order valence-corrected chi connectivity index (χ0v) is 19.1. The molecule has 0 aromatic rings. The van der Waals surface area contributed by atoms with Crippen LogP contribution in [-0.2, 0) is 0 Å². The molecule has 0 radical (unpaired) electrons. The molecule has 0 atom stereocenters. The van der Waals surface area contributed by atoms with Crippen LogP contribution in [0.5, 0.6) is 0 Å². The highest BCUT2D eigenvalue weighted by molar-refractivity contribution is 4.64. The molecule has 0 aromatic carbocycles. The van der Waals surface area contributed by atoms with Crippen molar-refractivity contribution in [3.05, 3.63) is 0 Å². The third kappa shape index (κ3) is 61.1. The molecule has 0 heteroatoms. The maximum Gasteiger partial charge on any atom is -0.0360 e. The van der Waals surface area contributed by atoms with Gasteiger partial charge in [-0.2, -0.15) is 0 Å². The van der Waals surface area contributed by atoms with E-state index in [1.54, 1.807) is 0 Å². The van der Waals surface area contributed by atoms with Crippen LogP contribution in [0.1, 0.15) is 118 Å². The van der Waals surface area contributed by atoms with Gasteiger partial charge in [-0.15, -0.1) is 0 Å². The summed E-state index contributed by atoms with van der Waals surface area (Å²) in [5.74, 6) is 4.22. The lowest BCUT2D eigenvalue weighted by Gasteiger charge is -2.22. The molecule has 0 bridgehead atoms. The quantitative estimate of drug-likeness (QED) is 0.472. The highest BCUT2D eigenvalue weighted by Crippen LogP contribution is 2.23. The lowest BCUT2D eigenvalue weighted by Crippen LogP contribution is -2.12. The first-order valence-corrected chi connectivity index (χ1v) is 9.59. The zero-order chi connectivity index (χ0) is 19.1. The van der Waals surface area contributed by atoms with E-state index in [4.69, 9.17) is 0 Å². The summed E-state index contributed by atoms with van der Waals surface area (Å²) in [4.78, 5) is 0. The molecule has 0 aliphatic rings. The van der Waals surface area contributed by atoms with E-state index in [1.807, 2.05) is 0 Å². The molecule has 0 N–H and O–H groups in total. The Bertz CT molecular complexity index is 168. The first-order valence-electron chi connectivity index (χ1n) is 9.59. The molecule has 0 nitrogen and oxygen atoms in total. The summed E-state index contributed by atoms with van der Waals surface area (Å²) in [5, 5.41) is 0. The van der Waals surface area contributed by atoms with Gasteiger partial charge in [-0.25, -0.2) is 0 Å². The molecule has 0 amide bonds. The Kier molecular flexibility index (Phi) is 29.9. The predicted octanol–water partition coefficient (Wildman–Crippen LogP) is 9.34. The number of hydrogen-bond donors (Lipinski definition) is 0. The molecule has 0 fully saturated rings. The van der Waals surface area contributed by atoms with Crippen LogP contribution >= 0.6 is 0 Å². The molecule has 0 aliphatic carbocycles. The van der Waals surface area contributed by atoms with Gasteiger partial charge in [0.15, 0.2) is 0 Å². The van der Waals surface area contributed by atoms with Crippen LogP contribution in [0, 0.1) is 35.0 Å². The fourth-order valence-corrected chi connectivity index (χ4v) is 0. The Hall–Kier alpha value is 0. The van der Waals surface area contributed by atoms with Crippen molar-refractivity contribution >= 4 is 0 Å². The summed E-state index contributed by atoms with van der Waals surface area (Å²) in [6, 6.07) is 0. The molecule has 148 valence electrons. The minimum Gasteiger partial charge on any atom is -0.0776 e. The highest BCUT2D eigenvalue weighted by Gasteiger charge is 2.13. The Morgan fingerprint density at radius 1 is 0.609 bits per heavy atom. The fourth-order valence-electron chi connectivity index (χ4n) is 0. The third-order valence-electron chi connectivity index (χ3n) is 3.88. The van der Waals surface area contributed by atoms with Crippen LogP contribution in [0.4, 0.5) is 0 Å². The van der Waals surface area contributed by atoms with Crippen LogP contribution in [-0.4, -0.2) is 0 Å². The van der Waals surface area contributed by atoms with Crippen LogP contribution in [0.3, 0.4) is 0 Å². The molecule has 0 aliphatic heterocycles. The maximum atomic E-state index is 2.26. The van der Waals surface area contributed by atoms with Gasteiger partial charge in [-0.3, -0.25) is 0 Å². The van der Waals surface area contributed by atoms with Gasteiger partial charge < -0.3 is 0 Å². The average molecular weight is 333 g/mol. The van der Waals surface area contributed by atoms with Gasteiger partial charge in [-0.1, -0.05) is 118 Å². The molecule has 0 spiro atoms. The molecule has 0 rings (SSSR count). The average Bonchev–Trinajstić information content (AvgIpc) is 2.28. The van der Waals surface area contributed by atoms with Gasteiger partial charge in [0.25, 0.3) is 0 Å². The summed E-state index contributed by atoms with van der Waals surface area (Å²) in [6.07, 6.45) is 1.31. The van der Waals surface area contributed by atoms with Crippen molar-refractivity contribution in [2.45, 2.75) is 118 Å². The topological polar surface area (TPSA) is 0 Å². The van der Waals surface area contributed by atoms with E-state index in [0.29, 0.717) is 5.41 Å². The van der Waals surface area contributed by atoms with Crippen molar-refractivity contribution in [2.75, 3.05) is 0 Å². The highest BCUT2D eigenvalue weighted by atomic mass is 14.2. The zero-order valence-electron chi connectivity index (χ0n) is 19.1. The largest absolute Gasteiger partial charge is 0.0776 e. The SMILES string of the molecule is C.CC(C)C.CC(C)C(C)(C)C.CC(C)C(C)C.CCC(C)C. The fraction of sp³-hybridized carbons (Fsp3) is 1.00. The van der Waals surface area contributed by atoms with Gasteiger partial charge in [0, 0.05) is 0 Å². The van der Waals surface area contributed by atoms with Crippen molar-refractivity contribution in [2.24, 2.45) is 35.0 Å². The normalized spacial score (nSPS) is 10.4. The van der Waals surface area contributed by atoms with Gasteiger partial charge in [0.2, 0.25) is 0 Å². The molecule has 0 aromatic heterocycles. The third-order valence-corrected chi connectivity index (χ3v) is 3.88. The van der Waals surface area contributed by atoms with E-state index in [2.05, 4.69) is 104 Å². The van der Waals surface area contributed by atoms with Crippen molar-refractivity contribution < 1.29 is 0 Å². The maximum absolute atomic E-state index is 2.26. The second-order valence-electron chi connectivity index (χ2n) is 9.54. The lowest BCUT2D eigenvalue weighted by molar-refractivity contribution is 0.283. The van der Waals surface area contributed by atoms with Crippen molar-refractivity contribution in [3.63, 3.8) is 0 Å². The van der Waals surface area contributed by atoms with E-state index in [-0.39, 0.29) is 7.43 Å². The molecule has 23 heavy (non-hydrogen) atoms. The summed E-state index contributed by atoms with van der Waals surface area (Å²) >= 11 is 0. The van der Waals surface area contributed by atoms with Gasteiger partial charge >= 0.3 is 0 Å². The first kappa shape index (κ1) is 34.4. The van der Waals surface area contributed by atoms with Crippen LogP contribution < -0.4 is 0 Å². The second kappa shape index (κ2) is 20.0. The summed E-state index contributed by atoms with van der Waals surface area (Å²) < 4.78 is 0. The minimum absolute atomic E-state index is 0. The Labute approximate surface area is 153 Å². The predicted molar refractivity (Wildman–Crippen MR) is 116 cm³/mol. The number of hydrogen-bond acceptors (Lipinski definition) is 0. The summed E-state index contributed by atoms with van der Waals surface area (Å²) in [6.45, 7) is 33.4. The Balaban J connectivity index is -0.0000000630. The monoisotopic (exact) mass is 332 g/mol. The van der Waals surface area contributed by atoms with Gasteiger partial charge in [-0.05, 0) is 35.0 Å². The summed E-state index contributed by atoms with van der Waals surface area (Å²) in [7, 11) is 0. The van der Waals surface area contributed by atoms with Crippen LogP contribution in [0.25, 0.3) is 0 Å². The van der Waals surface area contributed by atoms with Gasteiger partial charge in [0.1, 0.15) is 0 Å². The standard InChI is InChI=1S/C7H16.C6H14.C5H12.C4H10.CH4/c1-6(2)7(3,4)5;1-5(2)6(3)4;1-4-5(2)3;1-4(2)3;/h6H,1-5H3;5-6H,1-4H3;5H,4H2,1-3H3;4H,1-3H3;1H4. The smallest absolute Gasteiger partial charge is 0.0360 e. The molecule has 0 unspecified atom stereocenters. The minimum atomic E-state index is 0. The van der Waals surface area contributed by atoms with E-state index in [9.17, 15) is 0 Å². The van der Waals surface area contributed by atoms with E-state index >= 15 is 0 Å². The summed E-state index contributed by atoms with van der Waals surface area (Å²) in [5.41, 5.74) is 0.500. The van der Waals surface area contributed by atoms with Crippen LogP contribution in [0.15, 0.2) is 0 Å². The first-order chi connectivity index (χ1) is 9.59.